The Morgan fingerprint density at radius 2 is 1.73 bits per heavy atom. The van der Waals surface area contributed by atoms with E-state index in [-0.39, 0.29) is 12.4 Å². The number of phenols is 1. The maximum absolute atomic E-state index is 9.62. The summed E-state index contributed by atoms with van der Waals surface area (Å²) in [4.78, 5) is 0. The summed E-state index contributed by atoms with van der Waals surface area (Å²) >= 11 is 0. The van der Waals surface area contributed by atoms with Crippen LogP contribution in [-0.2, 0) is 0 Å². The molecule has 0 aromatic heterocycles. The molecule has 4 heteroatoms. The van der Waals surface area contributed by atoms with Crippen molar-refractivity contribution < 1.29 is 19.7 Å². The van der Waals surface area contributed by atoms with Gasteiger partial charge in [-0.05, 0) is 17.7 Å². The minimum Gasteiger partial charge on any atom is -0.502 e. The highest BCUT2D eigenvalue weighted by Gasteiger charge is 2.09. The first-order chi connectivity index (χ1) is 7.22. The minimum atomic E-state index is -0.0362. The fraction of sp³-hybridized carbons (Fsp3) is 0.273. The Hall–Kier alpha value is -1.68. The molecule has 82 valence electrons. The monoisotopic (exact) mass is 210 g/mol. The molecule has 2 N–H and O–H groups in total. The van der Waals surface area contributed by atoms with Crippen LogP contribution < -0.4 is 9.47 Å². The summed E-state index contributed by atoms with van der Waals surface area (Å²) in [7, 11) is 2.93. The fourth-order valence-electron chi connectivity index (χ4n) is 1.20. The topological polar surface area (TPSA) is 58.9 Å². The molecule has 0 aliphatic carbocycles. The summed E-state index contributed by atoms with van der Waals surface area (Å²) in [5.74, 6) is 0.653. The van der Waals surface area contributed by atoms with Crippen molar-refractivity contribution in [2.24, 2.45) is 0 Å². The van der Waals surface area contributed by atoms with E-state index in [0.717, 1.165) is 5.56 Å². The standard InChI is InChI=1S/C11H14O4/c1-14-9-6-8(4-3-5-12)7-10(15-2)11(9)13/h3-4,6-7,12-13H,5H2,1-2H3. The third-order valence-corrected chi connectivity index (χ3v) is 1.92. The highest BCUT2D eigenvalue weighted by Crippen LogP contribution is 2.37. The van der Waals surface area contributed by atoms with Crippen molar-refractivity contribution in [3.05, 3.63) is 23.8 Å². The van der Waals surface area contributed by atoms with Crippen LogP contribution in [0.5, 0.6) is 17.2 Å². The van der Waals surface area contributed by atoms with E-state index in [1.165, 1.54) is 14.2 Å². The molecule has 1 aromatic rings. The van der Waals surface area contributed by atoms with Gasteiger partial charge in [-0.15, -0.1) is 0 Å². The third kappa shape index (κ3) is 2.63. The summed E-state index contributed by atoms with van der Waals surface area (Å²) in [6.07, 6.45) is 3.30. The van der Waals surface area contributed by atoms with Gasteiger partial charge in [-0.25, -0.2) is 0 Å². The SMILES string of the molecule is COc1cc(C=CCO)cc(OC)c1O. The molecule has 0 bridgehead atoms. The molecular weight excluding hydrogens is 196 g/mol. The van der Waals surface area contributed by atoms with Crippen LogP contribution in [0.25, 0.3) is 6.08 Å². The molecule has 0 radical (unpaired) electrons. The number of rotatable bonds is 4. The first-order valence-corrected chi connectivity index (χ1v) is 4.45. The second-order valence-corrected chi connectivity index (χ2v) is 2.86. The van der Waals surface area contributed by atoms with E-state index in [2.05, 4.69) is 0 Å². The zero-order valence-corrected chi connectivity index (χ0v) is 8.73. The molecule has 0 saturated carbocycles. The van der Waals surface area contributed by atoms with Crippen LogP contribution in [0.1, 0.15) is 5.56 Å². The second kappa shape index (κ2) is 5.26. The smallest absolute Gasteiger partial charge is 0.200 e. The van der Waals surface area contributed by atoms with E-state index in [9.17, 15) is 5.11 Å². The Bertz CT molecular complexity index is 333. The molecule has 0 aliphatic rings. The van der Waals surface area contributed by atoms with E-state index in [4.69, 9.17) is 14.6 Å². The van der Waals surface area contributed by atoms with E-state index in [1.54, 1.807) is 24.3 Å². The van der Waals surface area contributed by atoms with Gasteiger partial charge < -0.3 is 19.7 Å². The lowest BCUT2D eigenvalue weighted by atomic mass is 10.1. The van der Waals surface area contributed by atoms with E-state index in [0.29, 0.717) is 11.5 Å². The number of phenolic OH excluding ortho intramolecular Hbond substituents is 1. The third-order valence-electron chi connectivity index (χ3n) is 1.92. The van der Waals surface area contributed by atoms with Gasteiger partial charge >= 0.3 is 0 Å². The lowest BCUT2D eigenvalue weighted by Crippen LogP contribution is -1.90. The Labute approximate surface area is 88.4 Å². The number of methoxy groups -OCH3 is 2. The molecule has 0 spiro atoms. The number of ether oxygens (including phenoxy) is 2. The van der Waals surface area contributed by atoms with Gasteiger partial charge in [0.2, 0.25) is 5.75 Å². The van der Waals surface area contributed by atoms with Gasteiger partial charge in [0, 0.05) is 0 Å². The predicted molar refractivity (Wildman–Crippen MR) is 57.3 cm³/mol. The molecule has 1 rings (SSSR count). The number of aliphatic hydroxyl groups is 1. The van der Waals surface area contributed by atoms with E-state index in [1.807, 2.05) is 0 Å². The maximum atomic E-state index is 9.62. The number of aromatic hydroxyl groups is 1. The molecular formula is C11H14O4. The summed E-state index contributed by atoms with van der Waals surface area (Å²) < 4.78 is 9.96. The van der Waals surface area contributed by atoms with Crippen molar-refractivity contribution in [1.29, 1.82) is 0 Å². The molecule has 0 unspecified atom stereocenters. The summed E-state index contributed by atoms with van der Waals surface area (Å²) in [6.45, 7) is -0.0362. The first-order valence-electron chi connectivity index (χ1n) is 4.45. The van der Waals surface area contributed by atoms with Crippen molar-refractivity contribution in [3.63, 3.8) is 0 Å². The molecule has 0 atom stereocenters. The van der Waals surface area contributed by atoms with Gasteiger partial charge in [0.1, 0.15) is 0 Å². The highest BCUT2D eigenvalue weighted by atomic mass is 16.5. The quantitative estimate of drug-likeness (QED) is 0.789. The number of benzene rings is 1. The first kappa shape index (κ1) is 11.4. The minimum absolute atomic E-state index is 0.0267. The molecule has 4 nitrogen and oxygen atoms in total. The summed E-state index contributed by atoms with van der Waals surface area (Å²) in [5, 5.41) is 18.3. The van der Waals surface area contributed by atoms with Gasteiger partial charge in [-0.1, -0.05) is 12.2 Å². The van der Waals surface area contributed by atoms with Crippen molar-refractivity contribution in [2.75, 3.05) is 20.8 Å². The van der Waals surface area contributed by atoms with Gasteiger partial charge in [0.25, 0.3) is 0 Å². The van der Waals surface area contributed by atoms with Crippen LogP contribution in [0.3, 0.4) is 0 Å². The lowest BCUT2D eigenvalue weighted by Gasteiger charge is -2.09. The van der Waals surface area contributed by atoms with Gasteiger partial charge in [0.05, 0.1) is 20.8 Å². The molecule has 0 fully saturated rings. The van der Waals surface area contributed by atoms with Crippen LogP contribution in [0.2, 0.25) is 0 Å². The predicted octanol–water partition coefficient (Wildman–Crippen LogP) is 1.41. The largest absolute Gasteiger partial charge is 0.502 e. The van der Waals surface area contributed by atoms with Crippen LogP contribution >= 0.6 is 0 Å². The number of aliphatic hydroxyl groups excluding tert-OH is 1. The van der Waals surface area contributed by atoms with Crippen molar-refractivity contribution in [2.45, 2.75) is 0 Å². The molecule has 15 heavy (non-hydrogen) atoms. The van der Waals surface area contributed by atoms with Gasteiger partial charge in [0.15, 0.2) is 11.5 Å². The zero-order chi connectivity index (χ0) is 11.3. The van der Waals surface area contributed by atoms with E-state index >= 15 is 0 Å². The molecule has 1 aromatic carbocycles. The average Bonchev–Trinajstić information content (AvgIpc) is 2.27. The van der Waals surface area contributed by atoms with Crippen molar-refractivity contribution in [1.82, 2.24) is 0 Å². The van der Waals surface area contributed by atoms with Gasteiger partial charge in [-0.2, -0.15) is 0 Å². The molecule has 0 heterocycles. The van der Waals surface area contributed by atoms with Crippen LogP contribution in [0.15, 0.2) is 18.2 Å². The molecule has 0 aliphatic heterocycles. The Morgan fingerprint density at radius 3 is 2.13 bits per heavy atom. The average molecular weight is 210 g/mol. The Balaban J connectivity index is 3.14. The highest BCUT2D eigenvalue weighted by molar-refractivity contribution is 5.61. The summed E-state index contributed by atoms with van der Waals surface area (Å²) in [6, 6.07) is 3.31. The Morgan fingerprint density at radius 1 is 1.20 bits per heavy atom. The summed E-state index contributed by atoms with van der Waals surface area (Å²) in [5.41, 5.74) is 0.788. The fourth-order valence-corrected chi connectivity index (χ4v) is 1.20. The Kier molecular flexibility index (Phi) is 4.00. The van der Waals surface area contributed by atoms with E-state index < -0.39 is 0 Å². The lowest BCUT2D eigenvalue weighted by molar-refractivity contribution is 0.339. The van der Waals surface area contributed by atoms with Crippen LogP contribution in [-0.4, -0.2) is 31.0 Å². The molecule has 0 saturated heterocycles. The van der Waals surface area contributed by atoms with Crippen LogP contribution in [0, 0.1) is 0 Å². The van der Waals surface area contributed by atoms with Crippen molar-refractivity contribution in [3.8, 4) is 17.2 Å². The number of hydrogen-bond acceptors (Lipinski definition) is 4. The zero-order valence-electron chi connectivity index (χ0n) is 8.73. The van der Waals surface area contributed by atoms with Crippen LogP contribution in [0.4, 0.5) is 0 Å². The van der Waals surface area contributed by atoms with Crippen molar-refractivity contribution >= 4 is 6.08 Å². The van der Waals surface area contributed by atoms with Gasteiger partial charge in [-0.3, -0.25) is 0 Å². The second-order valence-electron chi connectivity index (χ2n) is 2.86. The molecule has 0 amide bonds. The normalized spacial score (nSPS) is 10.6. The number of hydrogen-bond donors (Lipinski definition) is 2. The maximum Gasteiger partial charge on any atom is 0.200 e.